The number of thiophene rings is 1. The van der Waals surface area contributed by atoms with Crippen LogP contribution in [0.1, 0.15) is 43.9 Å². The average molecular weight is 481 g/mol. The maximum absolute atomic E-state index is 13.0. The van der Waals surface area contributed by atoms with E-state index in [9.17, 15) is 19.5 Å². The SMILES string of the molecule is C[C@@H](O)[C@H]1C(=O)N2C(C(=O)OCOC(=O)C(C)(C)C)=C(c3ccc(C(=S)N(C)C)s3)C[C@H]12. The minimum Gasteiger partial charge on any atom is -0.427 e. The van der Waals surface area contributed by atoms with Gasteiger partial charge in [-0.2, -0.15) is 0 Å². The number of amides is 1. The van der Waals surface area contributed by atoms with E-state index in [1.807, 2.05) is 31.1 Å². The number of aliphatic hydroxyl groups is 1. The Morgan fingerprint density at radius 2 is 1.97 bits per heavy atom. The lowest BCUT2D eigenvalue weighted by atomic mass is 9.83. The van der Waals surface area contributed by atoms with Crippen molar-refractivity contribution >= 4 is 52.0 Å². The third kappa shape index (κ3) is 4.44. The molecule has 1 fully saturated rings. The number of ether oxygens (including phenoxy) is 2. The molecule has 1 amide bonds. The molecule has 2 aliphatic rings. The van der Waals surface area contributed by atoms with E-state index in [1.165, 1.54) is 16.2 Å². The molecule has 3 atom stereocenters. The molecular formula is C22H28N2O6S2. The summed E-state index contributed by atoms with van der Waals surface area (Å²) in [5.41, 5.74) is 0.0650. The summed E-state index contributed by atoms with van der Waals surface area (Å²) in [5.74, 6) is -2.14. The van der Waals surface area contributed by atoms with Gasteiger partial charge in [-0.3, -0.25) is 9.59 Å². The molecule has 0 unspecified atom stereocenters. The second kappa shape index (κ2) is 8.92. The zero-order valence-corrected chi connectivity index (χ0v) is 20.6. The summed E-state index contributed by atoms with van der Waals surface area (Å²) in [6.07, 6.45) is -0.407. The van der Waals surface area contributed by atoms with Crippen molar-refractivity contribution in [1.29, 1.82) is 0 Å². The highest BCUT2D eigenvalue weighted by Crippen LogP contribution is 2.48. The first-order valence-electron chi connectivity index (χ1n) is 10.2. The highest BCUT2D eigenvalue weighted by atomic mass is 32.1. The van der Waals surface area contributed by atoms with Gasteiger partial charge in [-0.1, -0.05) is 12.2 Å². The summed E-state index contributed by atoms with van der Waals surface area (Å²) in [4.78, 5) is 43.2. The Morgan fingerprint density at radius 1 is 1.31 bits per heavy atom. The quantitative estimate of drug-likeness (QED) is 0.287. The van der Waals surface area contributed by atoms with E-state index in [2.05, 4.69) is 0 Å². The van der Waals surface area contributed by atoms with Crippen LogP contribution in [0.5, 0.6) is 0 Å². The van der Waals surface area contributed by atoms with Gasteiger partial charge in [0.1, 0.15) is 10.7 Å². The maximum Gasteiger partial charge on any atom is 0.358 e. The molecule has 0 saturated carbocycles. The second-order valence-corrected chi connectivity index (χ2v) is 10.6. The van der Waals surface area contributed by atoms with Gasteiger partial charge < -0.3 is 24.4 Å². The predicted molar refractivity (Wildman–Crippen MR) is 124 cm³/mol. The number of esters is 2. The molecule has 3 rings (SSSR count). The van der Waals surface area contributed by atoms with Crippen LogP contribution in [0, 0.1) is 11.3 Å². The van der Waals surface area contributed by atoms with Crippen LogP contribution < -0.4 is 0 Å². The van der Waals surface area contributed by atoms with Gasteiger partial charge in [-0.05, 0) is 46.2 Å². The van der Waals surface area contributed by atoms with E-state index in [-0.39, 0.29) is 17.6 Å². The fraction of sp³-hybridized carbons (Fsp3) is 0.545. The Morgan fingerprint density at radius 3 is 2.53 bits per heavy atom. The molecule has 0 bridgehead atoms. The number of fused-ring (bicyclic) bond motifs is 1. The van der Waals surface area contributed by atoms with Crippen molar-refractivity contribution in [2.45, 2.75) is 46.3 Å². The molecule has 1 aromatic rings. The van der Waals surface area contributed by atoms with Crippen LogP contribution in [-0.2, 0) is 23.9 Å². The number of β-lactam (4-membered cyclic amide) rings is 1. The summed E-state index contributed by atoms with van der Waals surface area (Å²) < 4.78 is 10.2. The van der Waals surface area contributed by atoms with E-state index in [4.69, 9.17) is 21.7 Å². The van der Waals surface area contributed by atoms with E-state index in [0.29, 0.717) is 17.0 Å². The van der Waals surface area contributed by atoms with Gasteiger partial charge >= 0.3 is 11.9 Å². The lowest BCUT2D eigenvalue weighted by Crippen LogP contribution is -2.61. The van der Waals surface area contributed by atoms with Crippen LogP contribution in [0.15, 0.2) is 17.8 Å². The van der Waals surface area contributed by atoms with Gasteiger partial charge in [0.05, 0.1) is 28.4 Å². The molecule has 0 radical (unpaired) electrons. The zero-order valence-electron chi connectivity index (χ0n) is 19.0. The summed E-state index contributed by atoms with van der Waals surface area (Å²) in [7, 11) is 3.71. The summed E-state index contributed by atoms with van der Waals surface area (Å²) in [6, 6.07) is 3.43. The minimum atomic E-state index is -0.826. The predicted octanol–water partition coefficient (Wildman–Crippen LogP) is 2.40. The normalized spacial score (nSPS) is 21.1. The Kier molecular flexibility index (Phi) is 6.78. The molecule has 174 valence electrons. The molecule has 8 nitrogen and oxygen atoms in total. The van der Waals surface area contributed by atoms with Crippen LogP contribution >= 0.6 is 23.6 Å². The molecule has 0 aliphatic carbocycles. The largest absolute Gasteiger partial charge is 0.427 e. The van der Waals surface area contributed by atoms with Crippen molar-refractivity contribution < 1.29 is 29.0 Å². The average Bonchev–Trinajstić information content (AvgIpc) is 3.28. The van der Waals surface area contributed by atoms with Gasteiger partial charge in [-0.25, -0.2) is 4.79 Å². The molecule has 2 aliphatic heterocycles. The summed E-state index contributed by atoms with van der Waals surface area (Å²) in [6.45, 7) is 6.11. The second-order valence-electron chi connectivity index (χ2n) is 9.17. The van der Waals surface area contributed by atoms with E-state index < -0.39 is 36.2 Å². The number of carbonyl (C=O) groups is 3. The molecule has 1 aromatic heterocycles. The van der Waals surface area contributed by atoms with Crippen molar-refractivity contribution in [3.8, 4) is 0 Å². The van der Waals surface area contributed by atoms with Crippen LogP contribution in [0.3, 0.4) is 0 Å². The summed E-state index contributed by atoms with van der Waals surface area (Å²) >= 11 is 6.87. The topological polar surface area (TPSA) is 96.4 Å². The zero-order chi connectivity index (χ0) is 24.0. The van der Waals surface area contributed by atoms with Crippen molar-refractivity contribution in [2.75, 3.05) is 20.9 Å². The molecule has 0 aromatic carbocycles. The van der Waals surface area contributed by atoms with E-state index in [0.717, 1.165) is 9.75 Å². The lowest BCUT2D eigenvalue weighted by molar-refractivity contribution is -0.175. The Hall–Kier alpha value is -2.30. The molecule has 1 saturated heterocycles. The molecule has 3 heterocycles. The Labute approximate surface area is 196 Å². The van der Waals surface area contributed by atoms with Gasteiger partial charge in [-0.15, -0.1) is 11.3 Å². The number of thiocarbonyl (C=S) groups is 1. The van der Waals surface area contributed by atoms with Crippen LogP contribution in [-0.4, -0.2) is 70.8 Å². The van der Waals surface area contributed by atoms with Crippen LogP contribution in [0.25, 0.3) is 5.57 Å². The first-order chi connectivity index (χ1) is 14.8. The smallest absolute Gasteiger partial charge is 0.358 e. The van der Waals surface area contributed by atoms with Gasteiger partial charge in [0.2, 0.25) is 12.7 Å². The number of nitrogens with zero attached hydrogens (tertiary/aromatic N) is 2. The maximum atomic E-state index is 13.0. The van der Waals surface area contributed by atoms with Gasteiger partial charge in [0.25, 0.3) is 0 Å². The Bertz CT molecular complexity index is 989. The van der Waals surface area contributed by atoms with Gasteiger partial charge in [0.15, 0.2) is 0 Å². The van der Waals surface area contributed by atoms with E-state index in [1.54, 1.807) is 27.7 Å². The molecule has 0 spiro atoms. The van der Waals surface area contributed by atoms with E-state index >= 15 is 0 Å². The van der Waals surface area contributed by atoms with Crippen molar-refractivity contribution in [3.63, 3.8) is 0 Å². The summed E-state index contributed by atoms with van der Waals surface area (Å²) in [5, 5.41) is 10.0. The first kappa shape index (κ1) is 24.3. The molecule has 1 N–H and O–H groups in total. The van der Waals surface area contributed by atoms with Gasteiger partial charge in [0, 0.05) is 24.5 Å². The number of carbonyl (C=O) groups excluding carboxylic acids is 3. The van der Waals surface area contributed by atoms with Crippen molar-refractivity contribution in [2.24, 2.45) is 11.3 Å². The van der Waals surface area contributed by atoms with Crippen LogP contribution in [0.2, 0.25) is 0 Å². The third-order valence-corrected chi connectivity index (χ3v) is 7.30. The Balaban J connectivity index is 1.87. The number of hydrogen-bond acceptors (Lipinski definition) is 8. The first-order valence-corrected chi connectivity index (χ1v) is 11.5. The standard InChI is InChI=1S/C22H28N2O6S2/c1-11(25)16-13-9-12(14-7-8-15(32-14)19(31)23(5)6)17(24(13)18(16)26)20(27)29-10-30-21(28)22(2,3)4/h7-8,11,13,16,25H,9-10H2,1-6H3/t11-,13-,16-/m1/s1. The number of hydrogen-bond donors (Lipinski definition) is 1. The molecule has 10 heteroatoms. The molecule has 32 heavy (non-hydrogen) atoms. The number of rotatable bonds is 6. The fourth-order valence-electron chi connectivity index (χ4n) is 3.74. The van der Waals surface area contributed by atoms with Crippen molar-refractivity contribution in [1.82, 2.24) is 9.80 Å². The monoisotopic (exact) mass is 480 g/mol. The number of aliphatic hydroxyl groups excluding tert-OH is 1. The highest BCUT2D eigenvalue weighted by molar-refractivity contribution is 7.81. The molecular weight excluding hydrogens is 452 g/mol. The lowest BCUT2D eigenvalue weighted by Gasteiger charge is -2.44. The highest BCUT2D eigenvalue weighted by Gasteiger charge is 2.57. The fourth-order valence-corrected chi connectivity index (χ4v) is 5.01. The third-order valence-electron chi connectivity index (χ3n) is 5.43. The van der Waals surface area contributed by atoms with Crippen LogP contribution in [0.4, 0.5) is 0 Å². The minimum absolute atomic E-state index is 0.132. The van der Waals surface area contributed by atoms with Crippen molar-refractivity contribution in [3.05, 3.63) is 27.6 Å².